The Morgan fingerprint density at radius 2 is 0.745 bits per heavy atom. The van der Waals surface area contributed by atoms with Gasteiger partial charge in [-0.3, -0.25) is 4.79 Å². The number of nitriles is 4. The first kappa shape index (κ1) is 71.1. The predicted octanol–water partition coefficient (Wildman–Crippen LogP) is 26.7. The van der Waals surface area contributed by atoms with Crippen LogP contribution >= 0.6 is 68.0 Å². The van der Waals surface area contributed by atoms with E-state index in [1.807, 2.05) is 100.0 Å². The monoisotopic (exact) mass is 1490 g/mol. The van der Waals surface area contributed by atoms with Gasteiger partial charge in [0.2, 0.25) is 0 Å². The second-order valence-corrected chi connectivity index (χ2v) is 35.4. The molecule has 6 heterocycles. The van der Waals surface area contributed by atoms with Gasteiger partial charge in [0, 0.05) is 63.7 Å². The van der Waals surface area contributed by atoms with Crippen molar-refractivity contribution in [2.75, 3.05) is 0 Å². The number of thiophene rings is 6. The predicted molar refractivity (Wildman–Crippen MR) is 447 cm³/mol. The summed E-state index contributed by atoms with van der Waals surface area (Å²) in [7, 11) is 0. The summed E-state index contributed by atoms with van der Waals surface area (Å²) in [5, 5.41) is 54.0. The number of Topliss-reactive ketones (excluding diaryl/α,β-unsaturated/α-hetero) is 1. The highest BCUT2D eigenvalue weighted by Crippen LogP contribution is 2.72. The highest BCUT2D eigenvalue weighted by atomic mass is 32.1. The van der Waals surface area contributed by atoms with E-state index in [1.165, 1.54) is 182 Å². The maximum atomic E-state index is 14.6. The van der Waals surface area contributed by atoms with Gasteiger partial charge in [-0.15, -0.1) is 68.0 Å². The molecule has 4 aliphatic carbocycles. The van der Waals surface area contributed by atoms with Gasteiger partial charge < -0.3 is 5.11 Å². The Hall–Kier alpha value is -9.15. The third kappa shape index (κ3) is 11.9. The topological polar surface area (TPSA) is 132 Å². The fourth-order valence-corrected chi connectivity index (χ4v) is 26.3. The molecule has 0 radical (unpaired) electrons. The van der Waals surface area contributed by atoms with Crippen molar-refractivity contribution in [3.05, 3.63) is 279 Å². The first-order chi connectivity index (χ1) is 52.1. The molecule has 0 aliphatic heterocycles. The van der Waals surface area contributed by atoms with Crippen LogP contribution in [0, 0.1) is 45.3 Å². The number of allylic oxidation sites excluding steroid dienone is 4. The number of carbonyl (C=O) groups is 1. The minimum atomic E-state index is -1.01. The van der Waals surface area contributed by atoms with E-state index >= 15 is 0 Å². The molecule has 0 bridgehead atoms. The van der Waals surface area contributed by atoms with Crippen LogP contribution in [0.4, 0.5) is 0 Å². The number of unbranched alkanes of at least 4 members (excludes halogenated alkanes) is 12. The van der Waals surface area contributed by atoms with Gasteiger partial charge in [0.15, 0.2) is 5.78 Å². The van der Waals surface area contributed by atoms with Crippen molar-refractivity contribution in [1.29, 1.82) is 21.0 Å². The molecule has 106 heavy (non-hydrogen) atoms. The van der Waals surface area contributed by atoms with E-state index in [0.717, 1.165) is 70.5 Å². The van der Waals surface area contributed by atoms with Crippen molar-refractivity contribution in [3.63, 3.8) is 0 Å². The van der Waals surface area contributed by atoms with Crippen LogP contribution in [-0.4, -0.2) is 10.9 Å². The van der Waals surface area contributed by atoms with E-state index in [4.69, 9.17) is 0 Å². The summed E-state index contributed by atoms with van der Waals surface area (Å²) < 4.78 is 7.26. The minimum Gasteiger partial charge on any atom is -0.384 e. The molecule has 526 valence electrons. The van der Waals surface area contributed by atoms with Crippen LogP contribution in [0.25, 0.3) is 71.0 Å². The average Bonchev–Trinajstić information content (AvgIpc) is 1.48. The molecule has 0 fully saturated rings. The summed E-state index contributed by atoms with van der Waals surface area (Å²) in [6, 6.07) is 67.0. The van der Waals surface area contributed by atoms with E-state index in [9.17, 15) is 30.9 Å². The summed E-state index contributed by atoms with van der Waals surface area (Å²) in [6.45, 7) is 9.11. The van der Waals surface area contributed by atoms with Crippen LogP contribution in [0.5, 0.6) is 0 Å². The normalized spacial score (nSPS) is 15.6. The third-order valence-corrected chi connectivity index (χ3v) is 30.2. The van der Waals surface area contributed by atoms with Gasteiger partial charge in [0.25, 0.3) is 0 Å². The zero-order chi connectivity index (χ0) is 72.8. The van der Waals surface area contributed by atoms with Crippen LogP contribution in [0.1, 0.15) is 240 Å². The van der Waals surface area contributed by atoms with Crippen LogP contribution in [-0.2, 0) is 36.5 Å². The summed E-state index contributed by atoms with van der Waals surface area (Å²) in [4.78, 5) is 21.6. The second-order valence-electron chi connectivity index (χ2n) is 29.1. The van der Waals surface area contributed by atoms with E-state index in [1.54, 1.807) is 28.7 Å². The molecule has 1 N–H and O–H groups in total. The van der Waals surface area contributed by atoms with Crippen LogP contribution in [0.3, 0.4) is 0 Å². The molecular weight excluding hydrogens is 1410 g/mol. The highest BCUT2D eigenvalue weighted by molar-refractivity contribution is 7.37. The Kier molecular flexibility index (Phi) is 20.3. The zero-order valence-corrected chi connectivity index (χ0v) is 65.4. The van der Waals surface area contributed by atoms with Crippen molar-refractivity contribution >= 4 is 125 Å². The van der Waals surface area contributed by atoms with Gasteiger partial charge >= 0.3 is 0 Å². The molecule has 0 spiro atoms. The lowest BCUT2D eigenvalue weighted by atomic mass is 9.67. The van der Waals surface area contributed by atoms with Gasteiger partial charge in [-0.25, -0.2) is 0 Å². The number of aliphatic hydroxyl groups excluding tert-OH is 1. The Morgan fingerprint density at radius 3 is 1.14 bits per heavy atom. The number of rotatable bonds is 26. The Balaban J connectivity index is 0.969. The van der Waals surface area contributed by atoms with Crippen molar-refractivity contribution in [1.82, 2.24) is 0 Å². The van der Waals surface area contributed by atoms with Crippen LogP contribution in [0.15, 0.2) is 180 Å². The van der Waals surface area contributed by atoms with E-state index in [-0.39, 0.29) is 16.9 Å². The van der Waals surface area contributed by atoms with Crippen molar-refractivity contribution < 1.29 is 9.90 Å². The zero-order valence-electron chi connectivity index (χ0n) is 60.5. The van der Waals surface area contributed by atoms with Gasteiger partial charge in [-0.2, -0.15) is 21.0 Å². The summed E-state index contributed by atoms with van der Waals surface area (Å²) in [5.41, 5.74) is 18.2. The number of hydrogen-bond donors (Lipinski definition) is 1. The lowest BCUT2D eigenvalue weighted by Crippen LogP contribution is -2.29. The van der Waals surface area contributed by atoms with Gasteiger partial charge in [0.1, 0.15) is 41.5 Å². The minimum absolute atomic E-state index is 0.0124. The van der Waals surface area contributed by atoms with Crippen molar-refractivity contribution in [2.45, 2.75) is 173 Å². The molecule has 0 saturated carbocycles. The molecule has 6 aromatic heterocycles. The van der Waals surface area contributed by atoms with Crippen LogP contribution in [0.2, 0.25) is 0 Å². The smallest absolute Gasteiger partial charge is 0.194 e. The standard InChI is InChI=1S/C94H82N4O2S6/c1-5-9-13-17-25-57-33-41-63(42-34-57)93(64-43-35-58(36-44-64)26-18-14-10-6-2)79-85-75(51-67(101-85)49-73-77(61(53-95)54-96)69-29-21-23-31-71(69)83(73)99)103-87(79)89-81(93)91-92(105-89)82-90(106-91)88-80(86-76(104-88)52-68(102-86)50-74-78(62(55-97)56-98)70-30-22-24-32-72(70)84(74)100)94(82,65-45-37-59(38-46-65)27-19-15-11-7-3)66-47-39-60(40-48-66)28-20-16-12-8-4/h21-24,29-52,83,99H,5-20,25-28H2,1-4H3/b73-49-,74-50-. The highest BCUT2D eigenvalue weighted by Gasteiger charge is 2.56. The second kappa shape index (κ2) is 30.2. The number of hydrogen-bond acceptors (Lipinski definition) is 12. The molecule has 0 amide bonds. The molecule has 1 unspecified atom stereocenters. The van der Waals surface area contributed by atoms with E-state index in [2.05, 4.69) is 161 Å². The molecule has 12 aromatic rings. The number of fused-ring (bicyclic) bond motifs is 15. The Morgan fingerprint density at radius 1 is 0.396 bits per heavy atom. The largest absolute Gasteiger partial charge is 0.384 e. The van der Waals surface area contributed by atoms with E-state index < -0.39 is 16.9 Å². The molecule has 6 aromatic carbocycles. The Bertz CT molecular complexity index is 5600. The summed E-state index contributed by atoms with van der Waals surface area (Å²) in [5.74, 6) is -0.183. The molecule has 6 nitrogen and oxygen atoms in total. The van der Waals surface area contributed by atoms with Gasteiger partial charge in [-0.1, -0.05) is 250 Å². The third-order valence-electron chi connectivity index (χ3n) is 22.6. The lowest BCUT2D eigenvalue weighted by Gasteiger charge is -2.34. The fourth-order valence-electron chi connectivity index (χ4n) is 17.5. The summed E-state index contributed by atoms with van der Waals surface area (Å²) >= 11 is 11.1. The molecule has 16 rings (SSSR count). The van der Waals surface area contributed by atoms with Gasteiger partial charge in [-0.05, 0) is 142 Å². The summed E-state index contributed by atoms with van der Waals surface area (Å²) in [6.07, 6.45) is 26.0. The van der Waals surface area contributed by atoms with E-state index in [0.29, 0.717) is 44.5 Å². The van der Waals surface area contributed by atoms with Crippen molar-refractivity contribution in [2.24, 2.45) is 0 Å². The first-order valence-electron chi connectivity index (χ1n) is 38.1. The number of ketones is 1. The Labute approximate surface area is 646 Å². The maximum Gasteiger partial charge on any atom is 0.194 e. The van der Waals surface area contributed by atoms with Gasteiger partial charge in [0.05, 0.1) is 49.1 Å². The average molecular weight is 1490 g/mol. The fraction of sp³-hybridized carbons (Fsp3) is 0.287. The number of nitrogens with zero attached hydrogens (tertiary/aromatic N) is 4. The molecule has 1 atom stereocenters. The first-order valence-corrected chi connectivity index (χ1v) is 43.0. The van der Waals surface area contributed by atoms with Crippen LogP contribution < -0.4 is 0 Å². The molecule has 0 saturated heterocycles. The lowest BCUT2D eigenvalue weighted by molar-refractivity contribution is 0.104. The maximum absolute atomic E-state index is 14.6. The quantitative estimate of drug-likeness (QED) is 0.0326. The molecule has 12 heteroatoms. The number of aryl methyl sites for hydroxylation is 4. The molecule has 4 aliphatic rings. The molecular formula is C94H82N4O2S6. The SMILES string of the molecule is CCCCCCc1ccc(C2(c3ccc(CCCCCC)cc3)c3c(sc4cc(/C=C5\C(=O)c6ccccc6C5=C(C#N)C#N)sc34)-c3sc4c5c(sc4c32)-c2sc3cc(/C=C4/C(=C(C#N)C#N)c6ccccc6C4O)sc3c2C5(c2ccc(CCCCCC)cc2)c2ccc(CCCCCC)cc2)cc1. The van der Waals surface area contributed by atoms with Crippen molar-refractivity contribution in [3.8, 4) is 43.8 Å². The number of carbonyl (C=O) groups excluding carboxylic acids is 1. The number of benzene rings is 6. The number of aliphatic hydroxyl groups is 1.